The predicted molar refractivity (Wildman–Crippen MR) is 141 cm³/mol. The van der Waals surface area contributed by atoms with E-state index in [-0.39, 0.29) is 17.1 Å². The second kappa shape index (κ2) is 10.8. The van der Waals surface area contributed by atoms with Crippen molar-refractivity contribution < 1.29 is 23.4 Å². The molecule has 0 N–H and O–H groups in total. The number of hydrogen-bond donors (Lipinski definition) is 0. The zero-order valence-electron chi connectivity index (χ0n) is 21.3. The lowest BCUT2D eigenvalue weighted by Crippen LogP contribution is -2.38. The van der Waals surface area contributed by atoms with Gasteiger partial charge in [0.15, 0.2) is 16.9 Å². The molecule has 8 nitrogen and oxygen atoms in total. The van der Waals surface area contributed by atoms with Crippen molar-refractivity contribution in [3.8, 4) is 11.5 Å². The molecule has 0 aliphatic carbocycles. The first-order valence-electron chi connectivity index (χ1n) is 12.6. The second-order valence-electron chi connectivity index (χ2n) is 9.39. The molecule has 3 heterocycles. The number of hydrogen-bond acceptors (Lipinski definition) is 7. The summed E-state index contributed by atoms with van der Waals surface area (Å²) in [5.74, 6) is 0.932. The van der Waals surface area contributed by atoms with E-state index in [1.54, 1.807) is 30.2 Å². The Bertz CT molecular complexity index is 1370. The summed E-state index contributed by atoms with van der Waals surface area (Å²) >= 11 is 0. The molecule has 2 aliphatic rings. The Kier molecular flexibility index (Phi) is 7.30. The molecular formula is C29H32N2O6. The fourth-order valence-electron chi connectivity index (χ4n) is 5.12. The van der Waals surface area contributed by atoms with Gasteiger partial charge in [-0.2, -0.15) is 0 Å². The van der Waals surface area contributed by atoms with Gasteiger partial charge in [-0.25, -0.2) is 0 Å². The number of carbonyl (C=O) groups excluding carboxylic acids is 1. The number of amides is 1. The van der Waals surface area contributed by atoms with Crippen LogP contribution in [0.4, 0.5) is 0 Å². The third kappa shape index (κ3) is 4.86. The molecule has 8 heteroatoms. The lowest BCUT2D eigenvalue weighted by Gasteiger charge is -2.29. The molecule has 2 aromatic carbocycles. The third-order valence-electron chi connectivity index (χ3n) is 6.96. The minimum absolute atomic E-state index is 0.115. The molecule has 1 amide bonds. The molecule has 5 rings (SSSR count). The van der Waals surface area contributed by atoms with Crippen LogP contribution in [-0.4, -0.2) is 68.8 Å². The SMILES string of the molecule is C=CCOc1ccc(C2c3c(oc4ccc(C)cc4c3=O)C(=O)N2CCCN2CCOCC2)cc1OC. The summed E-state index contributed by atoms with van der Waals surface area (Å²) < 4.78 is 22.8. The van der Waals surface area contributed by atoms with Crippen LogP contribution >= 0.6 is 0 Å². The average Bonchev–Trinajstić information content (AvgIpc) is 3.20. The van der Waals surface area contributed by atoms with E-state index >= 15 is 0 Å². The van der Waals surface area contributed by atoms with Crippen LogP contribution in [0.25, 0.3) is 11.0 Å². The van der Waals surface area contributed by atoms with E-state index in [1.165, 1.54) is 0 Å². The van der Waals surface area contributed by atoms with Gasteiger partial charge in [-0.05, 0) is 43.2 Å². The van der Waals surface area contributed by atoms with Crippen LogP contribution < -0.4 is 14.9 Å². The molecule has 0 spiro atoms. The first-order chi connectivity index (χ1) is 18.0. The maximum atomic E-state index is 13.8. The van der Waals surface area contributed by atoms with Crippen LogP contribution in [0.1, 0.15) is 39.7 Å². The van der Waals surface area contributed by atoms with Gasteiger partial charge >= 0.3 is 0 Å². The number of aryl methyl sites for hydroxylation is 1. The molecule has 0 radical (unpaired) electrons. The molecular weight excluding hydrogens is 472 g/mol. The first-order valence-corrected chi connectivity index (χ1v) is 12.6. The van der Waals surface area contributed by atoms with Crippen LogP contribution in [0.5, 0.6) is 11.5 Å². The fourth-order valence-corrected chi connectivity index (χ4v) is 5.12. The van der Waals surface area contributed by atoms with E-state index < -0.39 is 6.04 Å². The van der Waals surface area contributed by atoms with Crippen LogP contribution in [0, 0.1) is 6.92 Å². The van der Waals surface area contributed by atoms with E-state index in [0.29, 0.717) is 41.2 Å². The smallest absolute Gasteiger partial charge is 0.290 e. The topological polar surface area (TPSA) is 81.5 Å². The maximum Gasteiger partial charge on any atom is 0.290 e. The Morgan fingerprint density at radius 3 is 2.65 bits per heavy atom. The average molecular weight is 505 g/mol. The number of nitrogens with zero attached hydrogens (tertiary/aromatic N) is 2. The predicted octanol–water partition coefficient (Wildman–Crippen LogP) is 3.94. The molecule has 37 heavy (non-hydrogen) atoms. The van der Waals surface area contributed by atoms with E-state index in [0.717, 1.165) is 50.4 Å². The van der Waals surface area contributed by atoms with Gasteiger partial charge in [0.2, 0.25) is 5.76 Å². The molecule has 1 saturated heterocycles. The minimum atomic E-state index is -0.587. The van der Waals surface area contributed by atoms with Gasteiger partial charge in [-0.3, -0.25) is 14.5 Å². The summed E-state index contributed by atoms with van der Waals surface area (Å²) in [6, 6.07) is 10.4. The van der Waals surface area contributed by atoms with Crippen molar-refractivity contribution in [2.45, 2.75) is 19.4 Å². The monoisotopic (exact) mass is 504 g/mol. The molecule has 0 bridgehead atoms. The van der Waals surface area contributed by atoms with E-state index in [2.05, 4.69) is 11.5 Å². The zero-order chi connectivity index (χ0) is 25.9. The maximum absolute atomic E-state index is 13.8. The molecule has 194 valence electrons. The molecule has 1 unspecified atom stereocenters. The Morgan fingerprint density at radius 1 is 1.08 bits per heavy atom. The highest BCUT2D eigenvalue weighted by molar-refractivity contribution is 5.99. The normalized spacial score (nSPS) is 17.7. The third-order valence-corrected chi connectivity index (χ3v) is 6.96. The quantitative estimate of drug-likeness (QED) is 0.408. The summed E-state index contributed by atoms with van der Waals surface area (Å²) in [6.07, 6.45) is 2.43. The summed E-state index contributed by atoms with van der Waals surface area (Å²) in [4.78, 5) is 31.6. The van der Waals surface area contributed by atoms with E-state index in [4.69, 9.17) is 18.6 Å². The summed E-state index contributed by atoms with van der Waals surface area (Å²) in [6.45, 7) is 10.5. The number of ether oxygens (including phenoxy) is 3. The molecule has 1 fully saturated rings. The van der Waals surface area contributed by atoms with Gasteiger partial charge < -0.3 is 23.5 Å². The highest BCUT2D eigenvalue weighted by Crippen LogP contribution is 2.41. The van der Waals surface area contributed by atoms with Crippen molar-refractivity contribution in [2.75, 3.05) is 53.1 Å². The van der Waals surface area contributed by atoms with Gasteiger partial charge in [0.05, 0.1) is 37.3 Å². The molecule has 1 aromatic heterocycles. The molecule has 2 aliphatic heterocycles. The summed E-state index contributed by atoms with van der Waals surface area (Å²) in [7, 11) is 1.57. The van der Waals surface area contributed by atoms with Crippen molar-refractivity contribution >= 4 is 16.9 Å². The van der Waals surface area contributed by atoms with Crippen molar-refractivity contribution in [3.05, 3.63) is 81.7 Å². The van der Waals surface area contributed by atoms with Crippen LogP contribution in [-0.2, 0) is 4.74 Å². The zero-order valence-corrected chi connectivity index (χ0v) is 21.3. The second-order valence-corrected chi connectivity index (χ2v) is 9.39. The van der Waals surface area contributed by atoms with Crippen molar-refractivity contribution in [3.63, 3.8) is 0 Å². The van der Waals surface area contributed by atoms with Crippen LogP contribution in [0.3, 0.4) is 0 Å². The highest BCUT2D eigenvalue weighted by atomic mass is 16.5. The van der Waals surface area contributed by atoms with Crippen molar-refractivity contribution in [1.29, 1.82) is 0 Å². The number of methoxy groups -OCH3 is 1. The summed E-state index contributed by atoms with van der Waals surface area (Å²) in [5, 5.41) is 0.476. The van der Waals surface area contributed by atoms with Gasteiger partial charge in [0.25, 0.3) is 5.91 Å². The van der Waals surface area contributed by atoms with Gasteiger partial charge in [-0.15, -0.1) is 0 Å². The fraction of sp³-hybridized carbons (Fsp3) is 0.379. The minimum Gasteiger partial charge on any atom is -0.493 e. The first kappa shape index (κ1) is 25.0. The van der Waals surface area contributed by atoms with E-state index in [9.17, 15) is 9.59 Å². The Hall–Kier alpha value is -3.62. The van der Waals surface area contributed by atoms with Gasteiger partial charge in [-0.1, -0.05) is 30.4 Å². The number of rotatable bonds is 9. The van der Waals surface area contributed by atoms with Crippen LogP contribution in [0.2, 0.25) is 0 Å². The highest BCUT2D eigenvalue weighted by Gasteiger charge is 2.42. The van der Waals surface area contributed by atoms with Crippen molar-refractivity contribution in [1.82, 2.24) is 9.80 Å². The van der Waals surface area contributed by atoms with E-state index in [1.807, 2.05) is 31.2 Å². The molecule has 1 atom stereocenters. The Morgan fingerprint density at radius 2 is 1.89 bits per heavy atom. The molecule has 3 aromatic rings. The lowest BCUT2D eigenvalue weighted by atomic mass is 9.97. The Balaban J connectivity index is 1.55. The van der Waals surface area contributed by atoms with Gasteiger partial charge in [0, 0.05) is 26.2 Å². The number of fused-ring (bicyclic) bond motifs is 2. The Labute approximate surface area is 216 Å². The summed E-state index contributed by atoms with van der Waals surface area (Å²) in [5.41, 5.74) is 2.33. The lowest BCUT2D eigenvalue weighted by molar-refractivity contribution is 0.0353. The number of carbonyl (C=O) groups is 1. The van der Waals surface area contributed by atoms with Crippen LogP contribution in [0.15, 0.2) is 58.3 Å². The number of benzene rings is 2. The van der Waals surface area contributed by atoms with Crippen molar-refractivity contribution in [2.24, 2.45) is 0 Å². The standard InChI is InChI=1S/C29H32N2O6/c1-4-14-36-23-9-7-20(18-24(23)34-3)26-25-27(32)21-17-19(2)6-8-22(21)37-28(25)29(33)31(26)11-5-10-30-12-15-35-16-13-30/h4,6-9,17-18,26H,1,5,10-16H2,2-3H3. The molecule has 0 saturated carbocycles. The number of morpholine rings is 1. The largest absolute Gasteiger partial charge is 0.493 e. The van der Waals surface area contributed by atoms with Gasteiger partial charge in [0.1, 0.15) is 12.2 Å².